The van der Waals surface area contributed by atoms with Gasteiger partial charge in [0, 0.05) is 11.1 Å². The van der Waals surface area contributed by atoms with Crippen molar-refractivity contribution in [1.29, 1.82) is 0 Å². The summed E-state index contributed by atoms with van der Waals surface area (Å²) in [5.41, 5.74) is 4.85. The average Bonchev–Trinajstić information content (AvgIpc) is 2.77. The minimum Gasteiger partial charge on any atom is -0.496 e. The Hall–Kier alpha value is -3.33. The van der Waals surface area contributed by atoms with Gasteiger partial charge in [-0.2, -0.15) is 0 Å². The molecule has 0 N–H and O–H groups in total. The largest absolute Gasteiger partial charge is 0.496 e. The third-order valence-electron chi connectivity index (χ3n) is 5.07. The van der Waals surface area contributed by atoms with Gasteiger partial charge < -0.3 is 9.47 Å². The molecule has 0 aliphatic heterocycles. The van der Waals surface area contributed by atoms with E-state index in [1.165, 1.54) is 5.56 Å². The lowest BCUT2D eigenvalue weighted by atomic mass is 10.00. The number of para-hydroxylation sites is 1. The van der Waals surface area contributed by atoms with Crippen molar-refractivity contribution < 1.29 is 14.3 Å². The topological polar surface area (TPSA) is 35.5 Å². The van der Waals surface area contributed by atoms with Crippen LogP contribution < -0.4 is 9.47 Å². The molecule has 0 unspecified atom stereocenters. The van der Waals surface area contributed by atoms with Gasteiger partial charge in [-0.1, -0.05) is 68.5 Å². The number of methoxy groups -OCH3 is 1. The second-order valence-corrected chi connectivity index (χ2v) is 7.60. The zero-order valence-electron chi connectivity index (χ0n) is 18.0. The van der Waals surface area contributed by atoms with Crippen molar-refractivity contribution in [1.82, 2.24) is 0 Å². The van der Waals surface area contributed by atoms with Gasteiger partial charge in [-0.3, -0.25) is 4.79 Å². The van der Waals surface area contributed by atoms with E-state index in [1.807, 2.05) is 79.7 Å². The van der Waals surface area contributed by atoms with Gasteiger partial charge in [-0.05, 0) is 53.8 Å². The van der Waals surface area contributed by atoms with Gasteiger partial charge in [0.25, 0.3) is 0 Å². The van der Waals surface area contributed by atoms with Crippen LogP contribution in [0.1, 0.15) is 52.4 Å². The molecule has 0 spiro atoms. The minimum atomic E-state index is -0.0150. The van der Waals surface area contributed by atoms with Crippen molar-refractivity contribution in [2.24, 2.45) is 0 Å². The fourth-order valence-electron chi connectivity index (χ4n) is 3.19. The second-order valence-electron chi connectivity index (χ2n) is 7.60. The Kier molecular flexibility index (Phi) is 7.08. The normalized spacial score (nSPS) is 11.1. The Morgan fingerprint density at radius 3 is 2.37 bits per heavy atom. The van der Waals surface area contributed by atoms with Crippen LogP contribution in [0.4, 0.5) is 0 Å². The zero-order chi connectivity index (χ0) is 21.5. The Labute approximate surface area is 179 Å². The molecule has 3 rings (SSSR count). The van der Waals surface area contributed by atoms with E-state index in [0.717, 1.165) is 28.2 Å². The van der Waals surface area contributed by atoms with Crippen LogP contribution in [-0.4, -0.2) is 12.9 Å². The summed E-state index contributed by atoms with van der Waals surface area (Å²) in [4.78, 5) is 12.5. The van der Waals surface area contributed by atoms with Crippen LogP contribution in [0, 0.1) is 6.92 Å². The lowest BCUT2D eigenvalue weighted by molar-refractivity contribution is 0.104. The first-order valence-corrected chi connectivity index (χ1v) is 10.2. The van der Waals surface area contributed by atoms with Crippen molar-refractivity contribution in [3.05, 3.63) is 101 Å². The molecule has 0 atom stereocenters. The van der Waals surface area contributed by atoms with Gasteiger partial charge in [0.1, 0.15) is 18.1 Å². The molecular formula is C27H28O3. The molecule has 0 saturated carbocycles. The highest BCUT2D eigenvalue weighted by Gasteiger charge is 2.07. The molecule has 3 aromatic rings. The number of hydrogen-bond acceptors (Lipinski definition) is 3. The summed E-state index contributed by atoms with van der Waals surface area (Å²) >= 11 is 0. The predicted molar refractivity (Wildman–Crippen MR) is 122 cm³/mol. The Balaban J connectivity index is 1.73. The van der Waals surface area contributed by atoms with Gasteiger partial charge in [-0.25, -0.2) is 0 Å². The number of ether oxygens (including phenoxy) is 2. The number of allylic oxidation sites excluding steroid dienone is 1. The molecule has 0 aliphatic carbocycles. The monoisotopic (exact) mass is 400 g/mol. The van der Waals surface area contributed by atoms with E-state index in [0.29, 0.717) is 18.1 Å². The van der Waals surface area contributed by atoms with Crippen LogP contribution in [0.2, 0.25) is 0 Å². The first kappa shape index (κ1) is 21.4. The third-order valence-corrected chi connectivity index (χ3v) is 5.07. The lowest BCUT2D eigenvalue weighted by Crippen LogP contribution is -2.00. The standard InChI is InChI=1S/C27H28O3/c1-19(2)22-11-13-23(14-12-22)25(28)15-9-21-10-16-27(29-4)24(17-21)18-30-26-8-6-5-7-20(26)3/h5-17,19H,18H2,1-4H3/b15-9+. The van der Waals surface area contributed by atoms with Crippen molar-refractivity contribution in [3.8, 4) is 11.5 Å². The van der Waals surface area contributed by atoms with Gasteiger partial charge in [0.2, 0.25) is 0 Å². The van der Waals surface area contributed by atoms with Crippen LogP contribution in [0.15, 0.2) is 72.8 Å². The predicted octanol–water partition coefficient (Wildman–Crippen LogP) is 6.60. The van der Waals surface area contributed by atoms with E-state index in [2.05, 4.69) is 13.8 Å². The summed E-state index contributed by atoms with van der Waals surface area (Å²) in [7, 11) is 1.65. The highest BCUT2D eigenvalue weighted by Crippen LogP contribution is 2.24. The third kappa shape index (κ3) is 5.38. The fourth-order valence-corrected chi connectivity index (χ4v) is 3.19. The first-order valence-electron chi connectivity index (χ1n) is 10.2. The summed E-state index contributed by atoms with van der Waals surface area (Å²) in [6.07, 6.45) is 3.44. The van der Waals surface area contributed by atoms with E-state index in [9.17, 15) is 4.79 Å². The molecule has 0 heterocycles. The maximum absolute atomic E-state index is 12.5. The van der Waals surface area contributed by atoms with E-state index >= 15 is 0 Å². The Bertz CT molecular complexity index is 1030. The maximum Gasteiger partial charge on any atom is 0.185 e. The van der Waals surface area contributed by atoms with E-state index in [4.69, 9.17) is 9.47 Å². The van der Waals surface area contributed by atoms with E-state index < -0.39 is 0 Å². The molecule has 0 amide bonds. The van der Waals surface area contributed by atoms with Crippen molar-refractivity contribution in [3.63, 3.8) is 0 Å². The fraction of sp³-hybridized carbons (Fsp3) is 0.222. The summed E-state index contributed by atoms with van der Waals surface area (Å²) in [6.45, 7) is 6.69. The second kappa shape index (κ2) is 9.93. The number of rotatable bonds is 8. The number of aryl methyl sites for hydroxylation is 1. The molecule has 3 nitrogen and oxygen atoms in total. The van der Waals surface area contributed by atoms with Crippen LogP contribution in [0.5, 0.6) is 11.5 Å². The highest BCUT2D eigenvalue weighted by atomic mass is 16.5. The number of hydrogen-bond donors (Lipinski definition) is 0. The molecule has 0 aliphatic rings. The summed E-state index contributed by atoms with van der Waals surface area (Å²) in [6, 6.07) is 21.5. The Morgan fingerprint density at radius 2 is 1.70 bits per heavy atom. The van der Waals surface area contributed by atoms with Crippen LogP contribution >= 0.6 is 0 Å². The average molecular weight is 401 g/mol. The summed E-state index contributed by atoms with van der Waals surface area (Å²) < 4.78 is 11.4. The van der Waals surface area contributed by atoms with Crippen molar-refractivity contribution in [2.45, 2.75) is 33.3 Å². The number of ketones is 1. The number of carbonyl (C=O) groups excluding carboxylic acids is 1. The first-order chi connectivity index (χ1) is 14.5. The molecule has 0 aromatic heterocycles. The zero-order valence-corrected chi connectivity index (χ0v) is 18.0. The van der Waals surface area contributed by atoms with Gasteiger partial charge >= 0.3 is 0 Å². The molecule has 154 valence electrons. The summed E-state index contributed by atoms with van der Waals surface area (Å²) in [5, 5.41) is 0. The van der Waals surface area contributed by atoms with E-state index in [1.54, 1.807) is 13.2 Å². The lowest BCUT2D eigenvalue weighted by Gasteiger charge is -2.12. The molecule has 3 aromatic carbocycles. The Morgan fingerprint density at radius 1 is 0.967 bits per heavy atom. The van der Waals surface area contributed by atoms with Gasteiger partial charge in [-0.15, -0.1) is 0 Å². The molecular weight excluding hydrogens is 372 g/mol. The van der Waals surface area contributed by atoms with Crippen LogP contribution in [0.25, 0.3) is 6.08 Å². The SMILES string of the molecule is COc1ccc(/C=C/C(=O)c2ccc(C(C)C)cc2)cc1COc1ccccc1C. The minimum absolute atomic E-state index is 0.0150. The highest BCUT2D eigenvalue weighted by molar-refractivity contribution is 6.06. The summed E-state index contributed by atoms with van der Waals surface area (Å²) in [5.74, 6) is 2.04. The van der Waals surface area contributed by atoms with E-state index in [-0.39, 0.29) is 5.78 Å². The maximum atomic E-state index is 12.5. The molecule has 0 bridgehead atoms. The number of carbonyl (C=O) groups is 1. The molecule has 30 heavy (non-hydrogen) atoms. The van der Waals surface area contributed by atoms with Crippen LogP contribution in [-0.2, 0) is 6.61 Å². The van der Waals surface area contributed by atoms with Gasteiger partial charge in [0.15, 0.2) is 5.78 Å². The molecule has 0 radical (unpaired) electrons. The molecule has 0 fully saturated rings. The van der Waals surface area contributed by atoms with Crippen molar-refractivity contribution >= 4 is 11.9 Å². The van der Waals surface area contributed by atoms with Crippen LogP contribution in [0.3, 0.4) is 0 Å². The molecule has 0 saturated heterocycles. The van der Waals surface area contributed by atoms with Crippen molar-refractivity contribution in [2.75, 3.05) is 7.11 Å². The molecule has 3 heteroatoms. The van der Waals surface area contributed by atoms with Gasteiger partial charge in [0.05, 0.1) is 7.11 Å². The number of benzene rings is 3. The quantitative estimate of drug-likeness (QED) is 0.315. The smallest absolute Gasteiger partial charge is 0.185 e.